The van der Waals surface area contributed by atoms with Gasteiger partial charge in [-0.2, -0.15) is 0 Å². The van der Waals surface area contributed by atoms with Gasteiger partial charge in [0.2, 0.25) is 0 Å². The molecule has 2 amide bonds. The van der Waals surface area contributed by atoms with Crippen LogP contribution >= 0.6 is 11.6 Å². The monoisotopic (exact) mass is 340 g/mol. The van der Waals surface area contributed by atoms with Gasteiger partial charge in [0, 0.05) is 30.2 Å². The van der Waals surface area contributed by atoms with Crippen LogP contribution in [0.4, 0.5) is 10.5 Å². The SMILES string of the molecule is Cn1ccnc1C(NC(=O)Nc1ccccc1)c1cccc(Cl)c1. The van der Waals surface area contributed by atoms with Crippen molar-refractivity contribution in [1.29, 1.82) is 0 Å². The first-order chi connectivity index (χ1) is 11.6. The van der Waals surface area contributed by atoms with E-state index >= 15 is 0 Å². The number of hydrogen-bond acceptors (Lipinski definition) is 2. The number of carbonyl (C=O) groups excluding carboxylic acids is 1. The largest absolute Gasteiger partial charge is 0.336 e. The summed E-state index contributed by atoms with van der Waals surface area (Å²) >= 11 is 6.10. The Kier molecular flexibility index (Phi) is 4.82. The van der Waals surface area contributed by atoms with Crippen LogP contribution in [0, 0.1) is 0 Å². The first-order valence-corrected chi connectivity index (χ1v) is 7.86. The highest BCUT2D eigenvalue weighted by molar-refractivity contribution is 6.30. The van der Waals surface area contributed by atoms with Crippen molar-refractivity contribution in [3.8, 4) is 0 Å². The van der Waals surface area contributed by atoms with E-state index in [2.05, 4.69) is 15.6 Å². The highest BCUT2D eigenvalue weighted by atomic mass is 35.5. The number of carbonyl (C=O) groups is 1. The lowest BCUT2D eigenvalue weighted by atomic mass is 10.1. The van der Waals surface area contributed by atoms with Crippen molar-refractivity contribution < 1.29 is 4.79 Å². The van der Waals surface area contributed by atoms with E-state index in [1.807, 2.05) is 66.3 Å². The minimum atomic E-state index is -0.410. The number of rotatable bonds is 4. The van der Waals surface area contributed by atoms with Crippen molar-refractivity contribution in [1.82, 2.24) is 14.9 Å². The third-order valence-corrected chi connectivity index (χ3v) is 3.84. The zero-order valence-corrected chi connectivity index (χ0v) is 13.9. The fraction of sp³-hybridized carbons (Fsp3) is 0.111. The number of amides is 2. The molecular weight excluding hydrogens is 324 g/mol. The topological polar surface area (TPSA) is 59.0 Å². The summed E-state index contributed by atoms with van der Waals surface area (Å²) < 4.78 is 1.87. The molecule has 0 aliphatic carbocycles. The Morgan fingerprint density at radius 2 is 1.96 bits per heavy atom. The second kappa shape index (κ2) is 7.19. The summed E-state index contributed by atoms with van der Waals surface area (Å²) in [5.41, 5.74) is 1.58. The summed E-state index contributed by atoms with van der Waals surface area (Å²) in [7, 11) is 1.89. The molecule has 1 atom stereocenters. The normalized spacial score (nSPS) is 11.8. The number of aryl methyl sites for hydroxylation is 1. The van der Waals surface area contributed by atoms with Crippen LogP contribution in [0.1, 0.15) is 17.4 Å². The number of para-hydroxylation sites is 1. The fourth-order valence-electron chi connectivity index (χ4n) is 2.46. The summed E-state index contributed by atoms with van der Waals surface area (Å²) in [5.74, 6) is 0.723. The molecule has 0 radical (unpaired) electrons. The standard InChI is InChI=1S/C18H17ClN4O/c1-23-11-10-20-17(23)16(13-6-5-7-14(19)12-13)22-18(24)21-15-8-3-2-4-9-15/h2-12,16H,1H3,(H2,21,22,24). The first-order valence-electron chi connectivity index (χ1n) is 7.49. The lowest BCUT2D eigenvalue weighted by Crippen LogP contribution is -2.34. The van der Waals surface area contributed by atoms with Gasteiger partial charge in [-0.05, 0) is 29.8 Å². The van der Waals surface area contributed by atoms with E-state index in [1.54, 1.807) is 12.3 Å². The number of imidazole rings is 1. The quantitative estimate of drug-likeness (QED) is 0.754. The van der Waals surface area contributed by atoms with Crippen molar-refractivity contribution in [2.75, 3.05) is 5.32 Å². The summed E-state index contributed by atoms with van der Waals surface area (Å²) in [6.07, 6.45) is 3.54. The maximum atomic E-state index is 12.4. The molecule has 3 rings (SSSR count). The van der Waals surface area contributed by atoms with Gasteiger partial charge in [0.05, 0.1) is 0 Å². The third-order valence-electron chi connectivity index (χ3n) is 3.61. The van der Waals surface area contributed by atoms with Crippen LogP contribution in [0.25, 0.3) is 0 Å². The highest BCUT2D eigenvalue weighted by Crippen LogP contribution is 2.23. The van der Waals surface area contributed by atoms with Crippen LogP contribution in [0.2, 0.25) is 5.02 Å². The molecule has 6 heteroatoms. The van der Waals surface area contributed by atoms with E-state index in [0.29, 0.717) is 5.02 Å². The van der Waals surface area contributed by atoms with Gasteiger partial charge in [-0.25, -0.2) is 9.78 Å². The van der Waals surface area contributed by atoms with Crippen molar-refractivity contribution in [2.24, 2.45) is 7.05 Å². The van der Waals surface area contributed by atoms with Gasteiger partial charge in [-0.1, -0.05) is 41.9 Å². The summed E-state index contributed by atoms with van der Waals surface area (Å²) in [6, 6.07) is 15.9. The van der Waals surface area contributed by atoms with Gasteiger partial charge in [0.1, 0.15) is 11.9 Å². The molecule has 3 aromatic rings. The average Bonchev–Trinajstić information content (AvgIpc) is 2.99. The van der Waals surface area contributed by atoms with Gasteiger partial charge in [-0.15, -0.1) is 0 Å². The second-order valence-corrected chi connectivity index (χ2v) is 5.79. The van der Waals surface area contributed by atoms with Crippen LogP contribution < -0.4 is 10.6 Å². The van der Waals surface area contributed by atoms with Crippen LogP contribution in [-0.2, 0) is 7.05 Å². The average molecular weight is 341 g/mol. The number of anilines is 1. The summed E-state index contributed by atoms with van der Waals surface area (Å²) in [6.45, 7) is 0. The van der Waals surface area contributed by atoms with Gasteiger partial charge in [0.15, 0.2) is 0 Å². The molecular formula is C18H17ClN4O. The first kappa shape index (κ1) is 16.1. The molecule has 1 unspecified atom stereocenters. The molecule has 0 saturated heterocycles. The zero-order chi connectivity index (χ0) is 16.9. The molecule has 0 fully saturated rings. The third kappa shape index (κ3) is 3.75. The van der Waals surface area contributed by atoms with Gasteiger partial charge < -0.3 is 15.2 Å². The molecule has 5 nitrogen and oxygen atoms in total. The highest BCUT2D eigenvalue weighted by Gasteiger charge is 2.21. The maximum Gasteiger partial charge on any atom is 0.320 e. The van der Waals surface area contributed by atoms with Crippen molar-refractivity contribution in [3.63, 3.8) is 0 Å². The molecule has 2 aromatic carbocycles. The molecule has 0 bridgehead atoms. The van der Waals surface area contributed by atoms with Crippen molar-refractivity contribution in [3.05, 3.63) is 83.4 Å². The number of nitrogens with one attached hydrogen (secondary N) is 2. The maximum absolute atomic E-state index is 12.4. The Balaban J connectivity index is 1.85. The predicted octanol–water partition coefficient (Wildman–Crippen LogP) is 3.98. The van der Waals surface area contributed by atoms with E-state index < -0.39 is 6.04 Å². The number of urea groups is 1. The number of nitrogens with zero attached hydrogens (tertiary/aromatic N) is 2. The Hall–Kier alpha value is -2.79. The van der Waals surface area contributed by atoms with Crippen molar-refractivity contribution >= 4 is 23.3 Å². The van der Waals surface area contributed by atoms with E-state index in [0.717, 1.165) is 17.1 Å². The Morgan fingerprint density at radius 1 is 1.17 bits per heavy atom. The van der Waals surface area contributed by atoms with E-state index in [4.69, 9.17) is 11.6 Å². The van der Waals surface area contributed by atoms with Crippen LogP contribution in [0.3, 0.4) is 0 Å². The van der Waals surface area contributed by atoms with E-state index in [-0.39, 0.29) is 6.03 Å². The van der Waals surface area contributed by atoms with Crippen molar-refractivity contribution in [2.45, 2.75) is 6.04 Å². The lowest BCUT2D eigenvalue weighted by Gasteiger charge is -2.19. The molecule has 0 aliphatic heterocycles. The second-order valence-electron chi connectivity index (χ2n) is 5.35. The van der Waals surface area contributed by atoms with Crippen LogP contribution in [0.5, 0.6) is 0 Å². The van der Waals surface area contributed by atoms with E-state index in [9.17, 15) is 4.79 Å². The Morgan fingerprint density at radius 3 is 2.62 bits per heavy atom. The molecule has 0 spiro atoms. The number of hydrogen-bond donors (Lipinski definition) is 2. The Labute approximate surface area is 145 Å². The van der Waals surface area contributed by atoms with E-state index in [1.165, 1.54) is 0 Å². The molecule has 122 valence electrons. The molecule has 0 aliphatic rings. The lowest BCUT2D eigenvalue weighted by molar-refractivity contribution is 0.249. The molecule has 1 heterocycles. The number of benzene rings is 2. The zero-order valence-electron chi connectivity index (χ0n) is 13.1. The molecule has 2 N–H and O–H groups in total. The van der Waals surface area contributed by atoms with Crippen LogP contribution in [-0.4, -0.2) is 15.6 Å². The molecule has 0 saturated carbocycles. The smallest absolute Gasteiger partial charge is 0.320 e. The Bertz CT molecular complexity index is 832. The van der Waals surface area contributed by atoms with Crippen LogP contribution in [0.15, 0.2) is 67.0 Å². The minimum Gasteiger partial charge on any atom is -0.336 e. The minimum absolute atomic E-state index is 0.311. The number of halogens is 1. The van der Waals surface area contributed by atoms with Gasteiger partial charge in [-0.3, -0.25) is 0 Å². The fourth-order valence-corrected chi connectivity index (χ4v) is 2.66. The van der Waals surface area contributed by atoms with Gasteiger partial charge in [0.25, 0.3) is 0 Å². The summed E-state index contributed by atoms with van der Waals surface area (Å²) in [5, 5.41) is 6.39. The molecule has 24 heavy (non-hydrogen) atoms. The molecule has 1 aromatic heterocycles. The predicted molar refractivity (Wildman–Crippen MR) is 95.1 cm³/mol. The number of aromatic nitrogens is 2. The van der Waals surface area contributed by atoms with Gasteiger partial charge >= 0.3 is 6.03 Å². The summed E-state index contributed by atoms with van der Waals surface area (Å²) in [4.78, 5) is 16.8.